The van der Waals surface area contributed by atoms with Crippen molar-refractivity contribution in [1.29, 1.82) is 0 Å². The summed E-state index contributed by atoms with van der Waals surface area (Å²) in [5.41, 5.74) is 2.62. The van der Waals surface area contributed by atoms with Gasteiger partial charge in [-0.2, -0.15) is 0 Å². The third kappa shape index (κ3) is 5.60. The first-order valence-corrected chi connectivity index (χ1v) is 8.16. The quantitative estimate of drug-likeness (QED) is 0.459. The first-order valence-electron chi connectivity index (χ1n) is 8.16. The Hall–Kier alpha value is -1.44. The molecular weight excluding hydrogens is 300 g/mol. The van der Waals surface area contributed by atoms with Crippen molar-refractivity contribution in [3.05, 3.63) is 11.6 Å². The van der Waals surface area contributed by atoms with E-state index in [0.717, 1.165) is 12.8 Å². The number of hydrogen-bond donors (Lipinski definition) is 3. The second-order valence-electron chi connectivity index (χ2n) is 5.62. The van der Waals surface area contributed by atoms with Gasteiger partial charge < -0.3 is 20.0 Å². The number of rotatable bonds is 8. The van der Waals surface area contributed by atoms with Gasteiger partial charge in [-0.25, -0.2) is 10.3 Å². The molecule has 0 spiro atoms. The zero-order chi connectivity index (χ0) is 17.4. The van der Waals surface area contributed by atoms with E-state index < -0.39 is 24.2 Å². The maximum absolute atomic E-state index is 12.0. The molecule has 0 saturated carbocycles. The SMILES string of the molecule is CCOC(=O)C1=C[C@@H](OC(CC)CC)[C@H](NC(C)=O)[C@@H](NO)C1. The Labute approximate surface area is 137 Å². The highest BCUT2D eigenvalue weighted by atomic mass is 16.5. The number of ether oxygens (including phenoxy) is 2. The molecule has 0 unspecified atom stereocenters. The number of esters is 1. The van der Waals surface area contributed by atoms with E-state index in [-0.39, 0.29) is 25.0 Å². The maximum Gasteiger partial charge on any atom is 0.333 e. The molecule has 7 nitrogen and oxygen atoms in total. The fourth-order valence-electron chi connectivity index (χ4n) is 2.71. The lowest BCUT2D eigenvalue weighted by Gasteiger charge is -2.37. The van der Waals surface area contributed by atoms with Gasteiger partial charge in [0.1, 0.15) is 0 Å². The molecule has 0 heterocycles. The van der Waals surface area contributed by atoms with Crippen LogP contribution in [0.25, 0.3) is 0 Å². The van der Waals surface area contributed by atoms with Crippen molar-refractivity contribution in [2.75, 3.05) is 6.61 Å². The van der Waals surface area contributed by atoms with Crippen molar-refractivity contribution in [3.8, 4) is 0 Å². The summed E-state index contributed by atoms with van der Waals surface area (Å²) < 4.78 is 11.1. The normalized spacial score (nSPS) is 24.3. The molecule has 0 aliphatic heterocycles. The van der Waals surface area contributed by atoms with Gasteiger partial charge in [-0.1, -0.05) is 13.8 Å². The zero-order valence-corrected chi connectivity index (χ0v) is 14.3. The number of nitrogens with one attached hydrogen (secondary N) is 2. The molecule has 132 valence electrons. The molecule has 7 heteroatoms. The largest absolute Gasteiger partial charge is 0.463 e. The van der Waals surface area contributed by atoms with Gasteiger partial charge in [-0.05, 0) is 32.3 Å². The van der Waals surface area contributed by atoms with E-state index in [2.05, 4.69) is 10.8 Å². The predicted molar refractivity (Wildman–Crippen MR) is 84.9 cm³/mol. The van der Waals surface area contributed by atoms with Gasteiger partial charge in [0.2, 0.25) is 5.91 Å². The van der Waals surface area contributed by atoms with Gasteiger partial charge in [0, 0.05) is 12.5 Å². The third-order valence-electron chi connectivity index (χ3n) is 3.93. The number of carbonyl (C=O) groups excluding carboxylic acids is 2. The second kappa shape index (κ2) is 9.64. The monoisotopic (exact) mass is 328 g/mol. The van der Waals surface area contributed by atoms with E-state index in [9.17, 15) is 14.8 Å². The van der Waals surface area contributed by atoms with Crippen LogP contribution in [-0.4, -0.2) is 48.0 Å². The highest BCUT2D eigenvalue weighted by molar-refractivity contribution is 5.89. The minimum Gasteiger partial charge on any atom is -0.463 e. The van der Waals surface area contributed by atoms with Crippen LogP contribution in [0.2, 0.25) is 0 Å². The number of hydroxylamine groups is 1. The van der Waals surface area contributed by atoms with E-state index in [0.29, 0.717) is 5.57 Å². The summed E-state index contributed by atoms with van der Waals surface area (Å²) in [6.45, 7) is 7.46. The van der Waals surface area contributed by atoms with Crippen LogP contribution in [0.15, 0.2) is 11.6 Å². The molecule has 0 aromatic heterocycles. The second-order valence-corrected chi connectivity index (χ2v) is 5.62. The van der Waals surface area contributed by atoms with Crippen LogP contribution in [0.5, 0.6) is 0 Å². The Bertz CT molecular complexity index is 434. The van der Waals surface area contributed by atoms with Gasteiger partial charge in [0.25, 0.3) is 0 Å². The Balaban J connectivity index is 3.06. The molecule has 0 radical (unpaired) electrons. The third-order valence-corrected chi connectivity index (χ3v) is 3.93. The van der Waals surface area contributed by atoms with E-state index in [1.165, 1.54) is 6.92 Å². The lowest BCUT2D eigenvalue weighted by molar-refractivity contribution is -0.139. The zero-order valence-electron chi connectivity index (χ0n) is 14.3. The van der Waals surface area contributed by atoms with Gasteiger partial charge in [0.05, 0.1) is 30.9 Å². The molecule has 0 aromatic carbocycles. The van der Waals surface area contributed by atoms with Crippen LogP contribution in [0.4, 0.5) is 0 Å². The minimum atomic E-state index is -0.525. The van der Waals surface area contributed by atoms with E-state index in [4.69, 9.17) is 9.47 Å². The van der Waals surface area contributed by atoms with Gasteiger partial charge >= 0.3 is 5.97 Å². The molecular formula is C16H28N2O5. The molecule has 3 N–H and O–H groups in total. The topological polar surface area (TPSA) is 96.9 Å². The summed E-state index contributed by atoms with van der Waals surface area (Å²) >= 11 is 0. The van der Waals surface area contributed by atoms with Crippen LogP contribution >= 0.6 is 0 Å². The lowest BCUT2D eigenvalue weighted by Crippen LogP contribution is -2.58. The Kier molecular flexibility index (Phi) is 8.22. The molecule has 1 amide bonds. The summed E-state index contributed by atoms with van der Waals surface area (Å²) in [6, 6.07) is -0.987. The van der Waals surface area contributed by atoms with E-state index >= 15 is 0 Å². The molecule has 1 aliphatic rings. The van der Waals surface area contributed by atoms with Gasteiger partial charge in [-0.3, -0.25) is 4.79 Å². The molecule has 0 aromatic rings. The van der Waals surface area contributed by atoms with Gasteiger partial charge in [0.15, 0.2) is 0 Å². The summed E-state index contributed by atoms with van der Waals surface area (Å²) in [4.78, 5) is 23.5. The van der Waals surface area contributed by atoms with Crippen LogP contribution in [0.3, 0.4) is 0 Å². The first-order chi connectivity index (χ1) is 11.0. The summed E-state index contributed by atoms with van der Waals surface area (Å²) in [5, 5.41) is 12.2. The van der Waals surface area contributed by atoms with Crippen molar-refractivity contribution in [1.82, 2.24) is 10.8 Å². The van der Waals surface area contributed by atoms with Crippen LogP contribution in [-0.2, 0) is 19.1 Å². The Morgan fingerprint density at radius 1 is 1.35 bits per heavy atom. The molecule has 0 fully saturated rings. The highest BCUT2D eigenvalue weighted by Crippen LogP contribution is 2.25. The van der Waals surface area contributed by atoms with Gasteiger partial charge in [-0.15, -0.1) is 0 Å². The average molecular weight is 328 g/mol. The molecule has 0 saturated heterocycles. The predicted octanol–water partition coefficient (Wildman–Crippen LogP) is 1.31. The maximum atomic E-state index is 12.0. The Morgan fingerprint density at radius 3 is 2.48 bits per heavy atom. The lowest BCUT2D eigenvalue weighted by atomic mass is 9.88. The standard InChI is InChI=1S/C16H28N2O5/c1-5-12(6-2)23-14-9-11(16(20)22-7-3)8-13(18-21)15(14)17-10(4)19/h9,12-15,18,21H,5-8H2,1-4H3,(H,17,19)/t13-,14+,15+/m0/s1. The molecule has 1 rings (SSSR count). The molecule has 0 bridgehead atoms. The fraction of sp³-hybridized carbons (Fsp3) is 0.750. The van der Waals surface area contributed by atoms with Crippen LogP contribution in [0.1, 0.15) is 47.0 Å². The average Bonchev–Trinajstić information content (AvgIpc) is 2.53. The molecule has 23 heavy (non-hydrogen) atoms. The summed E-state index contributed by atoms with van der Waals surface area (Å²) in [6.07, 6.45) is 3.09. The molecule has 1 aliphatic carbocycles. The van der Waals surface area contributed by atoms with E-state index in [1.54, 1.807) is 13.0 Å². The van der Waals surface area contributed by atoms with Crippen molar-refractivity contribution >= 4 is 11.9 Å². The van der Waals surface area contributed by atoms with Crippen molar-refractivity contribution < 1.29 is 24.3 Å². The smallest absolute Gasteiger partial charge is 0.333 e. The fourth-order valence-corrected chi connectivity index (χ4v) is 2.71. The summed E-state index contributed by atoms with van der Waals surface area (Å²) in [5.74, 6) is -0.645. The number of hydrogen-bond acceptors (Lipinski definition) is 6. The minimum absolute atomic E-state index is 0.00777. The van der Waals surface area contributed by atoms with E-state index in [1.807, 2.05) is 13.8 Å². The van der Waals surface area contributed by atoms with Crippen LogP contribution < -0.4 is 10.8 Å². The number of carbonyl (C=O) groups is 2. The van der Waals surface area contributed by atoms with Crippen molar-refractivity contribution in [3.63, 3.8) is 0 Å². The summed E-state index contributed by atoms with van der Waals surface area (Å²) in [7, 11) is 0. The van der Waals surface area contributed by atoms with Crippen LogP contribution in [0, 0.1) is 0 Å². The highest BCUT2D eigenvalue weighted by Gasteiger charge is 2.37. The van der Waals surface area contributed by atoms with Crippen molar-refractivity contribution in [2.45, 2.75) is 71.2 Å². The Morgan fingerprint density at radius 2 is 2.00 bits per heavy atom. The first kappa shape index (κ1) is 19.6. The van der Waals surface area contributed by atoms with Crippen molar-refractivity contribution in [2.24, 2.45) is 0 Å². The molecule has 3 atom stereocenters. The number of amides is 1.